The van der Waals surface area contributed by atoms with E-state index >= 15 is 0 Å². The normalized spacial score (nSPS) is 12.6. The highest BCUT2D eigenvalue weighted by Gasteiger charge is 2.18. The Morgan fingerprint density at radius 1 is 0.638 bits per heavy atom. The summed E-state index contributed by atoms with van der Waals surface area (Å²) in [5.41, 5.74) is 0. The van der Waals surface area contributed by atoms with Crippen molar-refractivity contribution in [1.82, 2.24) is 10.6 Å². The molecule has 0 bridgehead atoms. The van der Waals surface area contributed by atoms with E-state index in [1.807, 2.05) is 0 Å². The summed E-state index contributed by atoms with van der Waals surface area (Å²) < 4.78 is 5.88. The highest BCUT2D eigenvalue weighted by Crippen LogP contribution is 2.16. The first-order valence-corrected chi connectivity index (χ1v) is 19.1. The third-order valence-corrected chi connectivity index (χ3v) is 8.50. The highest BCUT2D eigenvalue weighted by atomic mass is 16.5. The minimum absolute atomic E-state index is 0.110. The fraction of sp³-hybridized carbons (Fsp3) is 0.842. The van der Waals surface area contributed by atoms with Crippen LogP contribution in [0.15, 0.2) is 12.2 Å². The number of hydrogen-bond acceptors (Lipinski definition) is 6. The number of carboxylic acids is 1. The van der Waals surface area contributed by atoms with E-state index in [1.165, 1.54) is 96.3 Å². The van der Waals surface area contributed by atoms with Gasteiger partial charge in [0.15, 0.2) is 0 Å². The van der Waals surface area contributed by atoms with Gasteiger partial charge in [-0.2, -0.15) is 0 Å². The van der Waals surface area contributed by atoms with Gasteiger partial charge >= 0.3 is 11.9 Å². The third-order valence-electron chi connectivity index (χ3n) is 8.50. The lowest BCUT2D eigenvalue weighted by Crippen LogP contribution is -2.47. The molecule has 2 atom stereocenters. The molecule has 47 heavy (non-hydrogen) atoms. The lowest BCUT2D eigenvalue weighted by atomic mass is 10.0. The maximum Gasteiger partial charge on any atom is 0.328 e. The Morgan fingerprint density at radius 2 is 1.13 bits per heavy atom. The molecule has 0 saturated heterocycles. The number of rotatable bonds is 34. The van der Waals surface area contributed by atoms with E-state index in [-0.39, 0.29) is 30.9 Å². The van der Waals surface area contributed by atoms with Crippen molar-refractivity contribution in [3.8, 4) is 0 Å². The Bertz CT molecular complexity index is 818. The number of ether oxygens (including phenoxy) is 1. The molecule has 0 radical (unpaired) electrons. The summed E-state index contributed by atoms with van der Waals surface area (Å²) in [5, 5.41) is 22.5. The first-order chi connectivity index (χ1) is 22.8. The Hall–Kier alpha value is -2.42. The molecule has 0 aliphatic heterocycles. The van der Waals surface area contributed by atoms with Crippen LogP contribution < -0.4 is 10.6 Å². The third kappa shape index (κ3) is 30.7. The lowest BCUT2D eigenvalue weighted by molar-refractivity contribution is -0.147. The Balaban J connectivity index is 4.34. The largest absolute Gasteiger partial charge is 0.480 e. The van der Waals surface area contributed by atoms with Crippen LogP contribution in [0, 0.1) is 0 Å². The Morgan fingerprint density at radius 3 is 1.66 bits per heavy atom. The average Bonchev–Trinajstić information content (AvgIpc) is 3.05. The zero-order valence-electron chi connectivity index (χ0n) is 30.0. The van der Waals surface area contributed by atoms with Gasteiger partial charge in [-0.3, -0.25) is 14.4 Å². The SMILES string of the molecule is CCCCCCCCC/C=C\C(CCCCCCC(=O)NCC(=O)NC(CO)C(=O)O)OC(=O)CCCCCCCCCCCCC. The molecule has 9 nitrogen and oxygen atoms in total. The number of carbonyl (C=O) groups excluding carboxylic acids is 3. The van der Waals surface area contributed by atoms with Gasteiger partial charge in [0.25, 0.3) is 0 Å². The molecule has 0 aromatic carbocycles. The zero-order valence-corrected chi connectivity index (χ0v) is 30.0. The van der Waals surface area contributed by atoms with Crippen molar-refractivity contribution in [2.75, 3.05) is 13.2 Å². The van der Waals surface area contributed by atoms with Gasteiger partial charge in [0.2, 0.25) is 11.8 Å². The topological polar surface area (TPSA) is 142 Å². The molecule has 2 unspecified atom stereocenters. The number of aliphatic hydroxyl groups excluding tert-OH is 1. The summed E-state index contributed by atoms with van der Waals surface area (Å²) in [5.74, 6) is -2.39. The summed E-state index contributed by atoms with van der Waals surface area (Å²) in [6.45, 7) is 3.43. The quantitative estimate of drug-likeness (QED) is 0.0307. The minimum atomic E-state index is -1.39. The molecule has 0 aliphatic rings. The molecule has 0 fully saturated rings. The van der Waals surface area contributed by atoms with Gasteiger partial charge in [0.1, 0.15) is 12.1 Å². The van der Waals surface area contributed by atoms with E-state index in [1.54, 1.807) is 0 Å². The van der Waals surface area contributed by atoms with Gasteiger partial charge in [-0.25, -0.2) is 4.79 Å². The number of aliphatic hydroxyl groups is 1. The van der Waals surface area contributed by atoms with Gasteiger partial charge in [0.05, 0.1) is 13.2 Å². The summed E-state index contributed by atoms with van der Waals surface area (Å²) in [4.78, 5) is 47.3. The number of unbranched alkanes of at least 4 members (excludes halogenated alkanes) is 20. The number of carbonyl (C=O) groups is 4. The molecular weight excluding hydrogens is 596 g/mol. The molecule has 4 N–H and O–H groups in total. The number of carboxylic acid groups (broad SMARTS) is 1. The first kappa shape index (κ1) is 44.6. The second-order valence-electron chi connectivity index (χ2n) is 13.0. The van der Waals surface area contributed by atoms with Gasteiger partial charge in [-0.15, -0.1) is 0 Å². The molecule has 0 spiro atoms. The van der Waals surface area contributed by atoms with Crippen LogP contribution >= 0.6 is 0 Å². The van der Waals surface area contributed by atoms with Crippen LogP contribution in [-0.2, 0) is 23.9 Å². The summed E-state index contributed by atoms with van der Waals surface area (Å²) in [6, 6.07) is -1.39. The van der Waals surface area contributed by atoms with Crippen molar-refractivity contribution in [3.63, 3.8) is 0 Å². The standard InChI is InChI=1S/C38H70N2O7/c1-3-5-7-9-11-13-14-16-18-20-26-30-37(44)47-33(27-23-19-17-15-12-10-8-6-4-2)28-24-21-22-25-29-35(42)39-31-36(43)40-34(32-41)38(45)46/h23,27,33-34,41H,3-22,24-26,28-32H2,1-2H3,(H,39,42)(H,40,43)(H,45,46)/b27-23-. The van der Waals surface area contributed by atoms with Crippen molar-refractivity contribution in [3.05, 3.63) is 12.2 Å². The molecule has 0 heterocycles. The molecular formula is C38H70N2O7. The highest BCUT2D eigenvalue weighted by molar-refractivity contribution is 5.87. The number of aliphatic carboxylic acids is 1. The maximum atomic E-state index is 12.6. The van der Waals surface area contributed by atoms with Crippen molar-refractivity contribution >= 4 is 23.8 Å². The predicted octanol–water partition coefficient (Wildman–Crippen LogP) is 8.31. The van der Waals surface area contributed by atoms with Crippen molar-refractivity contribution in [2.45, 2.75) is 193 Å². The molecule has 0 saturated carbocycles. The van der Waals surface area contributed by atoms with Crippen LogP contribution in [0.4, 0.5) is 0 Å². The number of hydrogen-bond donors (Lipinski definition) is 4. The van der Waals surface area contributed by atoms with E-state index in [2.05, 4.69) is 36.6 Å². The molecule has 0 aromatic heterocycles. The molecule has 0 aromatic rings. The second-order valence-corrected chi connectivity index (χ2v) is 13.0. The monoisotopic (exact) mass is 667 g/mol. The van der Waals surface area contributed by atoms with Crippen LogP contribution in [0.25, 0.3) is 0 Å². The van der Waals surface area contributed by atoms with Gasteiger partial charge in [-0.1, -0.05) is 135 Å². The van der Waals surface area contributed by atoms with Gasteiger partial charge in [0, 0.05) is 12.8 Å². The molecule has 9 heteroatoms. The summed E-state index contributed by atoms with van der Waals surface area (Å²) >= 11 is 0. The average molecular weight is 667 g/mol. The van der Waals surface area contributed by atoms with Crippen molar-refractivity contribution < 1.29 is 34.1 Å². The van der Waals surface area contributed by atoms with Crippen molar-refractivity contribution in [1.29, 1.82) is 0 Å². The van der Waals surface area contributed by atoms with Crippen molar-refractivity contribution in [2.24, 2.45) is 0 Å². The van der Waals surface area contributed by atoms with Crippen LogP contribution in [0.5, 0.6) is 0 Å². The van der Waals surface area contributed by atoms with Crippen LogP contribution in [-0.4, -0.2) is 59.3 Å². The minimum Gasteiger partial charge on any atom is -0.480 e. The number of allylic oxidation sites excluding steroid dienone is 1. The fourth-order valence-electron chi connectivity index (χ4n) is 5.51. The summed E-state index contributed by atoms with van der Waals surface area (Å²) in [7, 11) is 0. The first-order valence-electron chi connectivity index (χ1n) is 19.1. The zero-order chi connectivity index (χ0) is 34.8. The molecule has 2 amide bonds. The van der Waals surface area contributed by atoms with Gasteiger partial charge in [-0.05, 0) is 44.6 Å². The lowest BCUT2D eigenvalue weighted by Gasteiger charge is -2.15. The second kappa shape index (κ2) is 33.5. The summed E-state index contributed by atoms with van der Waals surface area (Å²) in [6.07, 6.45) is 32.5. The van der Waals surface area contributed by atoms with Crippen LogP contribution in [0.1, 0.15) is 181 Å². The fourth-order valence-corrected chi connectivity index (χ4v) is 5.51. The maximum absolute atomic E-state index is 12.6. The predicted molar refractivity (Wildman–Crippen MR) is 190 cm³/mol. The molecule has 274 valence electrons. The van der Waals surface area contributed by atoms with Gasteiger partial charge < -0.3 is 25.6 Å². The van der Waals surface area contributed by atoms with Crippen LogP contribution in [0.2, 0.25) is 0 Å². The Kier molecular flexibility index (Phi) is 31.8. The van der Waals surface area contributed by atoms with E-state index in [0.29, 0.717) is 12.8 Å². The number of amides is 2. The molecule has 0 rings (SSSR count). The van der Waals surface area contributed by atoms with E-state index in [4.69, 9.17) is 14.9 Å². The number of esters is 1. The van der Waals surface area contributed by atoms with E-state index in [0.717, 1.165) is 51.4 Å². The van der Waals surface area contributed by atoms with Crippen LogP contribution in [0.3, 0.4) is 0 Å². The molecule has 0 aliphatic carbocycles. The number of nitrogens with one attached hydrogen (secondary N) is 2. The van der Waals surface area contributed by atoms with E-state index in [9.17, 15) is 19.2 Å². The Labute approximate surface area is 286 Å². The smallest absolute Gasteiger partial charge is 0.328 e. The van der Waals surface area contributed by atoms with E-state index < -0.39 is 24.5 Å².